The molecule has 4 nitrogen and oxygen atoms in total. The van der Waals surface area contributed by atoms with Crippen molar-refractivity contribution in [1.82, 2.24) is 4.98 Å². The highest BCUT2D eigenvalue weighted by Crippen LogP contribution is 2.16. The predicted molar refractivity (Wildman–Crippen MR) is 101 cm³/mol. The number of nitrogens with one attached hydrogen (secondary N) is 1. The third-order valence-corrected chi connectivity index (χ3v) is 3.70. The van der Waals surface area contributed by atoms with Gasteiger partial charge in [-0.1, -0.05) is 24.3 Å². The molecule has 0 saturated carbocycles. The van der Waals surface area contributed by atoms with E-state index in [1.807, 2.05) is 72.8 Å². The van der Waals surface area contributed by atoms with E-state index in [2.05, 4.69) is 10.3 Å². The van der Waals surface area contributed by atoms with Crippen LogP contribution in [0.4, 0.5) is 5.69 Å². The van der Waals surface area contributed by atoms with Crippen LogP contribution in [0.2, 0.25) is 0 Å². The lowest BCUT2D eigenvalue weighted by Gasteiger charge is -2.06. The van der Waals surface area contributed by atoms with Crippen LogP contribution in [0.1, 0.15) is 21.5 Å². The second-order valence-corrected chi connectivity index (χ2v) is 5.42. The van der Waals surface area contributed by atoms with Gasteiger partial charge in [-0.05, 0) is 59.7 Å². The first-order valence-electron chi connectivity index (χ1n) is 7.88. The summed E-state index contributed by atoms with van der Waals surface area (Å²) in [5.74, 6) is 0.609. The third kappa shape index (κ3) is 4.54. The quantitative estimate of drug-likeness (QED) is 0.748. The Balaban J connectivity index is 1.64. The molecule has 0 spiro atoms. The summed E-state index contributed by atoms with van der Waals surface area (Å²) < 4.78 is 5.10. The van der Waals surface area contributed by atoms with Crippen LogP contribution in [0, 0.1) is 0 Å². The first-order chi connectivity index (χ1) is 12.2. The molecule has 0 saturated heterocycles. The third-order valence-electron chi connectivity index (χ3n) is 3.70. The summed E-state index contributed by atoms with van der Waals surface area (Å²) in [6, 6.07) is 18.6. The number of amides is 1. The van der Waals surface area contributed by atoms with Crippen molar-refractivity contribution in [2.24, 2.45) is 0 Å². The average molecular weight is 330 g/mol. The Bertz CT molecular complexity index is 855. The van der Waals surface area contributed by atoms with Gasteiger partial charge < -0.3 is 10.1 Å². The highest BCUT2D eigenvalue weighted by Gasteiger charge is 2.05. The Hall–Kier alpha value is -3.40. The maximum atomic E-state index is 12.3. The SMILES string of the molecule is COc1ccc(NC(=O)c2ccc(/C=C/c3ccncc3)cc2)cc1. The standard InChI is InChI=1S/C21H18N2O2/c1-25-20-10-8-19(9-11-20)23-21(24)18-6-4-16(5-7-18)2-3-17-12-14-22-15-13-17/h2-15H,1H3,(H,23,24)/b3-2+. The van der Waals surface area contributed by atoms with Crippen LogP contribution in [0.25, 0.3) is 12.2 Å². The minimum absolute atomic E-state index is 0.144. The summed E-state index contributed by atoms with van der Waals surface area (Å²) in [6.45, 7) is 0. The van der Waals surface area contributed by atoms with Gasteiger partial charge in [-0.15, -0.1) is 0 Å². The summed E-state index contributed by atoms with van der Waals surface area (Å²) in [5, 5.41) is 2.87. The molecule has 4 heteroatoms. The number of benzene rings is 2. The van der Waals surface area contributed by atoms with Crippen LogP contribution < -0.4 is 10.1 Å². The molecule has 0 bridgehead atoms. The van der Waals surface area contributed by atoms with E-state index in [-0.39, 0.29) is 5.91 Å². The molecule has 0 radical (unpaired) electrons. The highest BCUT2D eigenvalue weighted by molar-refractivity contribution is 6.04. The molecule has 1 aromatic heterocycles. The van der Waals surface area contributed by atoms with Gasteiger partial charge in [-0.3, -0.25) is 9.78 Å². The van der Waals surface area contributed by atoms with Crippen molar-refractivity contribution in [3.8, 4) is 5.75 Å². The lowest BCUT2D eigenvalue weighted by molar-refractivity contribution is 0.102. The van der Waals surface area contributed by atoms with E-state index in [0.717, 1.165) is 22.6 Å². The number of hydrogen-bond donors (Lipinski definition) is 1. The van der Waals surface area contributed by atoms with Crippen molar-refractivity contribution in [3.63, 3.8) is 0 Å². The fraction of sp³-hybridized carbons (Fsp3) is 0.0476. The van der Waals surface area contributed by atoms with Gasteiger partial charge in [-0.2, -0.15) is 0 Å². The van der Waals surface area contributed by atoms with Crippen LogP contribution in [-0.2, 0) is 0 Å². The average Bonchev–Trinajstić information content (AvgIpc) is 2.68. The molecule has 3 rings (SSSR count). The van der Waals surface area contributed by atoms with Crippen LogP contribution in [0.3, 0.4) is 0 Å². The molecule has 2 aromatic carbocycles. The van der Waals surface area contributed by atoms with Gasteiger partial charge in [0, 0.05) is 23.6 Å². The molecule has 0 aliphatic heterocycles. The van der Waals surface area contributed by atoms with Gasteiger partial charge in [0.1, 0.15) is 5.75 Å². The van der Waals surface area contributed by atoms with Crippen molar-refractivity contribution in [2.45, 2.75) is 0 Å². The zero-order chi connectivity index (χ0) is 17.5. The maximum absolute atomic E-state index is 12.3. The van der Waals surface area contributed by atoms with Crippen LogP contribution in [-0.4, -0.2) is 18.0 Å². The van der Waals surface area contributed by atoms with E-state index in [1.54, 1.807) is 19.5 Å². The number of rotatable bonds is 5. The largest absolute Gasteiger partial charge is 0.497 e. The number of aromatic nitrogens is 1. The molecular weight excluding hydrogens is 312 g/mol. The lowest BCUT2D eigenvalue weighted by atomic mass is 10.1. The molecule has 0 atom stereocenters. The van der Waals surface area contributed by atoms with E-state index in [0.29, 0.717) is 5.56 Å². The van der Waals surface area contributed by atoms with Gasteiger partial charge in [0.15, 0.2) is 0 Å². The van der Waals surface area contributed by atoms with Crippen molar-refractivity contribution in [1.29, 1.82) is 0 Å². The van der Waals surface area contributed by atoms with Gasteiger partial charge in [0.25, 0.3) is 5.91 Å². The highest BCUT2D eigenvalue weighted by atomic mass is 16.5. The minimum atomic E-state index is -0.144. The number of methoxy groups -OCH3 is 1. The van der Waals surface area contributed by atoms with E-state index in [4.69, 9.17) is 4.74 Å². The topological polar surface area (TPSA) is 51.2 Å². The van der Waals surface area contributed by atoms with Crippen molar-refractivity contribution in [2.75, 3.05) is 12.4 Å². The second kappa shape index (κ2) is 7.93. The number of ether oxygens (including phenoxy) is 1. The molecule has 3 aromatic rings. The lowest BCUT2D eigenvalue weighted by Crippen LogP contribution is -2.11. The predicted octanol–water partition coefficient (Wildman–Crippen LogP) is 4.51. The molecule has 25 heavy (non-hydrogen) atoms. The summed E-state index contributed by atoms with van der Waals surface area (Å²) in [4.78, 5) is 16.3. The Morgan fingerprint density at radius 1 is 0.880 bits per heavy atom. The van der Waals surface area contributed by atoms with Crippen LogP contribution >= 0.6 is 0 Å². The van der Waals surface area contributed by atoms with Crippen LogP contribution in [0.5, 0.6) is 5.75 Å². The zero-order valence-electron chi connectivity index (χ0n) is 13.8. The van der Waals surface area contributed by atoms with Gasteiger partial charge in [-0.25, -0.2) is 0 Å². The van der Waals surface area contributed by atoms with E-state index < -0.39 is 0 Å². The van der Waals surface area contributed by atoms with Gasteiger partial charge in [0.05, 0.1) is 7.11 Å². The number of hydrogen-bond acceptors (Lipinski definition) is 3. The Kier molecular flexibility index (Phi) is 5.22. The second-order valence-electron chi connectivity index (χ2n) is 5.42. The van der Waals surface area contributed by atoms with Crippen molar-refractivity contribution in [3.05, 3.63) is 89.7 Å². The molecular formula is C21H18N2O2. The summed E-state index contributed by atoms with van der Waals surface area (Å²) >= 11 is 0. The van der Waals surface area contributed by atoms with Crippen LogP contribution in [0.15, 0.2) is 73.1 Å². The molecule has 1 N–H and O–H groups in total. The molecule has 0 aliphatic rings. The van der Waals surface area contributed by atoms with E-state index in [9.17, 15) is 4.79 Å². The van der Waals surface area contributed by atoms with Crippen molar-refractivity contribution < 1.29 is 9.53 Å². The van der Waals surface area contributed by atoms with Gasteiger partial charge >= 0.3 is 0 Å². The number of anilines is 1. The first-order valence-corrected chi connectivity index (χ1v) is 7.88. The summed E-state index contributed by atoms with van der Waals surface area (Å²) in [5.41, 5.74) is 3.44. The minimum Gasteiger partial charge on any atom is -0.497 e. The Morgan fingerprint density at radius 3 is 2.08 bits per heavy atom. The number of nitrogens with zero attached hydrogens (tertiary/aromatic N) is 1. The Morgan fingerprint density at radius 2 is 1.48 bits per heavy atom. The van der Waals surface area contributed by atoms with E-state index in [1.165, 1.54) is 0 Å². The molecule has 1 heterocycles. The fourth-order valence-corrected chi connectivity index (χ4v) is 2.29. The maximum Gasteiger partial charge on any atom is 0.255 e. The zero-order valence-corrected chi connectivity index (χ0v) is 13.8. The van der Waals surface area contributed by atoms with Crippen molar-refractivity contribution >= 4 is 23.7 Å². The molecule has 0 aliphatic carbocycles. The number of pyridine rings is 1. The molecule has 124 valence electrons. The molecule has 0 fully saturated rings. The van der Waals surface area contributed by atoms with Gasteiger partial charge in [0.2, 0.25) is 0 Å². The smallest absolute Gasteiger partial charge is 0.255 e. The fourth-order valence-electron chi connectivity index (χ4n) is 2.29. The Labute approximate surface area is 146 Å². The normalized spacial score (nSPS) is 10.6. The number of carbonyl (C=O) groups is 1. The number of carbonyl (C=O) groups excluding carboxylic acids is 1. The summed E-state index contributed by atoms with van der Waals surface area (Å²) in [7, 11) is 1.61. The molecule has 0 unspecified atom stereocenters. The summed E-state index contributed by atoms with van der Waals surface area (Å²) in [6.07, 6.45) is 7.52. The molecule has 1 amide bonds. The first kappa shape index (κ1) is 16.5. The van der Waals surface area contributed by atoms with E-state index >= 15 is 0 Å². The monoisotopic (exact) mass is 330 g/mol.